The molecule has 0 spiro atoms. The summed E-state index contributed by atoms with van der Waals surface area (Å²) in [5.74, 6) is 0. The topological polar surface area (TPSA) is 57.2 Å². The van der Waals surface area contributed by atoms with E-state index in [4.69, 9.17) is 23.8 Å². The zero-order valence-corrected chi connectivity index (χ0v) is 13.0. The van der Waals surface area contributed by atoms with Gasteiger partial charge < -0.3 is 23.8 Å². The summed E-state index contributed by atoms with van der Waals surface area (Å²) in [6.07, 6.45) is -0.383. The molecule has 0 aliphatic carbocycles. The number of aliphatic hydroxyl groups is 1. The Hall–Kier alpha value is 0.230. The Bertz CT molecular complexity index is 191. The highest BCUT2D eigenvalue weighted by Crippen LogP contribution is 2.01. The zero-order valence-electron chi connectivity index (χ0n) is 11.8. The van der Waals surface area contributed by atoms with Gasteiger partial charge in [0.15, 0.2) is 0 Å². The maximum absolute atomic E-state index is 9.06. The summed E-state index contributed by atoms with van der Waals surface area (Å²) in [5.41, 5.74) is 0. The molecule has 0 rings (SSSR count). The molecule has 0 saturated carbocycles. The molecule has 5 unspecified atom stereocenters. The van der Waals surface area contributed by atoms with Gasteiger partial charge in [-0.1, -0.05) is 0 Å². The Labute approximate surface area is 112 Å². The van der Waals surface area contributed by atoms with Crippen LogP contribution in [0.5, 0.6) is 0 Å². The van der Waals surface area contributed by atoms with Crippen molar-refractivity contribution >= 4 is 9.47 Å². The molecule has 1 N–H and O–H groups in total. The third-order valence-electron chi connectivity index (χ3n) is 2.17. The van der Waals surface area contributed by atoms with Crippen LogP contribution in [0.2, 0.25) is 0 Å². The van der Waals surface area contributed by atoms with E-state index in [-0.39, 0.29) is 18.3 Å². The predicted octanol–water partition coefficient (Wildman–Crippen LogP) is 1.39. The number of aliphatic hydroxyl groups excluding tert-OH is 1. The van der Waals surface area contributed by atoms with E-state index in [1.54, 1.807) is 6.92 Å². The van der Waals surface area contributed by atoms with Crippen LogP contribution in [0, 0.1) is 0 Å². The summed E-state index contributed by atoms with van der Waals surface area (Å²) >= 11 is 0. The average Bonchev–Trinajstić information content (AvgIpc) is 2.33. The fourth-order valence-corrected chi connectivity index (χ4v) is 1.22. The number of ether oxygens (including phenoxy) is 3. The van der Waals surface area contributed by atoms with E-state index in [2.05, 4.69) is 9.47 Å². The van der Waals surface area contributed by atoms with Crippen LogP contribution in [0.25, 0.3) is 0 Å². The van der Waals surface area contributed by atoms with Gasteiger partial charge in [0.05, 0.1) is 50.8 Å². The number of hydrogen-bond acceptors (Lipinski definition) is 5. The molecule has 0 aromatic rings. The molecule has 0 amide bonds. The van der Waals surface area contributed by atoms with Crippen molar-refractivity contribution in [3.8, 4) is 0 Å². The molecule has 0 radical (unpaired) electrons. The first kappa shape index (κ1) is 18.2. The lowest BCUT2D eigenvalue weighted by Gasteiger charge is -2.18. The van der Waals surface area contributed by atoms with Gasteiger partial charge in [0.2, 0.25) is 0 Å². The number of rotatable bonds is 11. The maximum Gasteiger partial charge on any atom is 0.0816 e. The fraction of sp³-hybridized carbons (Fsp3) is 1.00. The monoisotopic (exact) mass is 282 g/mol. The smallest absolute Gasteiger partial charge is 0.0816 e. The molecular formula is C12H27O5P. The van der Waals surface area contributed by atoms with Crippen molar-refractivity contribution in [3.05, 3.63) is 0 Å². The Morgan fingerprint density at radius 2 is 1.33 bits per heavy atom. The van der Waals surface area contributed by atoms with E-state index < -0.39 is 6.10 Å². The van der Waals surface area contributed by atoms with Crippen molar-refractivity contribution in [2.45, 2.75) is 52.1 Å². The maximum atomic E-state index is 9.06. The van der Waals surface area contributed by atoms with Crippen LogP contribution in [0.3, 0.4) is 0 Å². The van der Waals surface area contributed by atoms with Gasteiger partial charge in [-0.3, -0.25) is 0 Å². The largest absolute Gasteiger partial charge is 0.391 e. The minimum Gasteiger partial charge on any atom is -0.391 e. The van der Waals surface area contributed by atoms with Crippen molar-refractivity contribution in [1.82, 2.24) is 0 Å². The van der Waals surface area contributed by atoms with Crippen LogP contribution in [0.15, 0.2) is 0 Å². The normalized spacial score (nSPS) is 18.3. The molecule has 5 nitrogen and oxygen atoms in total. The second kappa shape index (κ2) is 11.1. The van der Waals surface area contributed by atoms with Gasteiger partial charge in [-0.2, -0.15) is 0 Å². The molecule has 0 aromatic heterocycles. The van der Waals surface area contributed by atoms with Crippen LogP contribution in [0.4, 0.5) is 0 Å². The van der Waals surface area contributed by atoms with Crippen molar-refractivity contribution in [2.75, 3.05) is 26.4 Å². The third-order valence-corrected chi connectivity index (χ3v) is 2.64. The van der Waals surface area contributed by atoms with Gasteiger partial charge in [0.1, 0.15) is 0 Å². The van der Waals surface area contributed by atoms with Crippen LogP contribution in [-0.4, -0.2) is 55.9 Å². The first-order valence-corrected chi connectivity index (χ1v) is 6.77. The zero-order chi connectivity index (χ0) is 14.0. The predicted molar refractivity (Wildman–Crippen MR) is 73.6 cm³/mol. The molecule has 18 heavy (non-hydrogen) atoms. The Kier molecular flexibility index (Phi) is 11.2. The van der Waals surface area contributed by atoms with Gasteiger partial charge in [-0.25, -0.2) is 0 Å². The Balaban J connectivity index is 3.46. The minimum absolute atomic E-state index is 0.0246. The lowest BCUT2D eigenvalue weighted by Crippen LogP contribution is -2.26. The van der Waals surface area contributed by atoms with E-state index in [1.807, 2.05) is 20.8 Å². The molecule has 0 aliphatic rings. The summed E-state index contributed by atoms with van der Waals surface area (Å²) in [7, 11) is 2.22. The first-order valence-electron chi connectivity index (χ1n) is 6.30. The lowest BCUT2D eigenvalue weighted by molar-refractivity contribution is -0.0670. The molecule has 0 bridgehead atoms. The number of hydrogen-bond donors (Lipinski definition) is 1. The molecule has 0 aromatic carbocycles. The standard InChI is InChI=1S/C12H27O5P/c1-9(13)5-15-10(2)6-14-7-11(3)16-8-12(4)17-18/h9-13H,5-8,18H2,1-4H3. The van der Waals surface area contributed by atoms with Gasteiger partial charge in [-0.15, -0.1) is 0 Å². The second-order valence-electron chi connectivity index (χ2n) is 4.62. The molecule has 5 atom stereocenters. The molecule has 110 valence electrons. The van der Waals surface area contributed by atoms with E-state index in [9.17, 15) is 0 Å². The van der Waals surface area contributed by atoms with Crippen LogP contribution in [-0.2, 0) is 18.7 Å². The Morgan fingerprint density at radius 1 is 0.833 bits per heavy atom. The summed E-state index contributed by atoms with van der Waals surface area (Å²) < 4.78 is 21.4. The average molecular weight is 282 g/mol. The first-order chi connectivity index (χ1) is 8.45. The van der Waals surface area contributed by atoms with Crippen LogP contribution in [0.1, 0.15) is 27.7 Å². The van der Waals surface area contributed by atoms with Gasteiger partial charge in [0.25, 0.3) is 0 Å². The summed E-state index contributed by atoms with van der Waals surface area (Å²) in [6, 6.07) is 0. The summed E-state index contributed by atoms with van der Waals surface area (Å²) in [6.45, 7) is 9.39. The molecule has 0 saturated heterocycles. The highest BCUT2D eigenvalue weighted by molar-refractivity contribution is 7.09. The van der Waals surface area contributed by atoms with Gasteiger partial charge >= 0.3 is 0 Å². The van der Waals surface area contributed by atoms with Gasteiger partial charge in [0, 0.05) is 9.47 Å². The molecular weight excluding hydrogens is 255 g/mol. The van der Waals surface area contributed by atoms with Crippen LogP contribution < -0.4 is 0 Å². The van der Waals surface area contributed by atoms with E-state index >= 15 is 0 Å². The van der Waals surface area contributed by atoms with Crippen LogP contribution >= 0.6 is 9.47 Å². The highest BCUT2D eigenvalue weighted by Gasteiger charge is 2.08. The molecule has 0 aliphatic heterocycles. The van der Waals surface area contributed by atoms with Gasteiger partial charge in [-0.05, 0) is 27.7 Å². The molecule has 6 heteroatoms. The van der Waals surface area contributed by atoms with E-state index in [1.165, 1.54) is 0 Å². The highest BCUT2D eigenvalue weighted by atomic mass is 31.0. The van der Waals surface area contributed by atoms with E-state index in [0.29, 0.717) is 26.4 Å². The summed E-state index contributed by atoms with van der Waals surface area (Å²) in [4.78, 5) is 0. The summed E-state index contributed by atoms with van der Waals surface area (Å²) in [5, 5.41) is 9.06. The SMILES string of the molecule is CC(O)COC(C)COCC(C)OCC(C)OP. The van der Waals surface area contributed by atoms with Crippen molar-refractivity contribution in [2.24, 2.45) is 0 Å². The van der Waals surface area contributed by atoms with Crippen molar-refractivity contribution in [1.29, 1.82) is 0 Å². The second-order valence-corrected chi connectivity index (χ2v) is 4.89. The quantitative estimate of drug-likeness (QED) is 0.580. The molecule has 0 fully saturated rings. The fourth-order valence-electron chi connectivity index (χ4n) is 1.14. The third kappa shape index (κ3) is 11.3. The van der Waals surface area contributed by atoms with E-state index in [0.717, 1.165) is 0 Å². The van der Waals surface area contributed by atoms with Crippen molar-refractivity contribution < 1.29 is 23.8 Å². The van der Waals surface area contributed by atoms with Crippen molar-refractivity contribution in [3.63, 3.8) is 0 Å². The molecule has 0 heterocycles. The minimum atomic E-state index is -0.442. The Morgan fingerprint density at radius 3 is 1.78 bits per heavy atom. The lowest BCUT2D eigenvalue weighted by atomic mass is 10.4.